The second kappa shape index (κ2) is 7.19. The molecule has 0 unspecified atom stereocenters. The molecule has 1 atom stereocenters. The standard InChI is InChI=1S/C16H26N4O4/c1-10(17-15(22)23-16(3,4)5)14(21)20-8-6-12(7-9-20)13-18-11(2)19-24-13/h10,12H,6-9H2,1-5H3,(H,17,22)/t10-/m1/s1. The number of piperidine rings is 1. The number of aromatic nitrogens is 2. The van der Waals surface area contributed by atoms with Crippen LogP contribution in [0.3, 0.4) is 0 Å². The predicted molar refractivity (Wildman–Crippen MR) is 86.4 cm³/mol. The van der Waals surface area contributed by atoms with E-state index < -0.39 is 17.7 Å². The highest BCUT2D eigenvalue weighted by Crippen LogP contribution is 2.26. The van der Waals surface area contributed by atoms with E-state index in [1.807, 2.05) is 0 Å². The van der Waals surface area contributed by atoms with E-state index in [1.54, 1.807) is 39.5 Å². The van der Waals surface area contributed by atoms with Crippen molar-refractivity contribution in [2.24, 2.45) is 0 Å². The van der Waals surface area contributed by atoms with Gasteiger partial charge in [-0.2, -0.15) is 4.98 Å². The van der Waals surface area contributed by atoms with Gasteiger partial charge in [0.05, 0.1) is 0 Å². The van der Waals surface area contributed by atoms with Gasteiger partial charge < -0.3 is 19.5 Å². The minimum absolute atomic E-state index is 0.110. The van der Waals surface area contributed by atoms with Gasteiger partial charge in [0.2, 0.25) is 11.8 Å². The van der Waals surface area contributed by atoms with Crippen molar-refractivity contribution in [3.8, 4) is 0 Å². The summed E-state index contributed by atoms with van der Waals surface area (Å²) in [6, 6.07) is -0.623. The molecule has 0 spiro atoms. The molecule has 0 saturated carbocycles. The third-order valence-electron chi connectivity index (χ3n) is 3.80. The van der Waals surface area contributed by atoms with Crippen molar-refractivity contribution < 1.29 is 18.8 Å². The molecule has 1 N–H and O–H groups in total. The Morgan fingerprint density at radius 1 is 1.33 bits per heavy atom. The van der Waals surface area contributed by atoms with Crippen LogP contribution in [0.5, 0.6) is 0 Å². The summed E-state index contributed by atoms with van der Waals surface area (Å²) in [5.41, 5.74) is -0.590. The van der Waals surface area contributed by atoms with Gasteiger partial charge in [-0.1, -0.05) is 5.16 Å². The molecule has 0 radical (unpaired) electrons. The number of alkyl carbamates (subject to hydrolysis) is 1. The summed E-state index contributed by atoms with van der Waals surface area (Å²) in [7, 11) is 0. The lowest BCUT2D eigenvalue weighted by Crippen LogP contribution is -2.50. The van der Waals surface area contributed by atoms with Crippen molar-refractivity contribution in [2.45, 2.75) is 65.0 Å². The first-order valence-corrected chi connectivity index (χ1v) is 8.24. The number of nitrogens with one attached hydrogen (secondary N) is 1. The predicted octanol–water partition coefficient (Wildman–Crippen LogP) is 2.00. The van der Waals surface area contributed by atoms with Crippen molar-refractivity contribution in [2.75, 3.05) is 13.1 Å². The van der Waals surface area contributed by atoms with Crippen molar-refractivity contribution in [3.05, 3.63) is 11.7 Å². The van der Waals surface area contributed by atoms with Crippen molar-refractivity contribution >= 4 is 12.0 Å². The number of ether oxygens (including phenoxy) is 1. The summed E-state index contributed by atoms with van der Waals surface area (Å²) >= 11 is 0. The smallest absolute Gasteiger partial charge is 0.408 e. The lowest BCUT2D eigenvalue weighted by atomic mass is 9.96. The summed E-state index contributed by atoms with van der Waals surface area (Å²) in [6.07, 6.45) is 0.957. The van der Waals surface area contributed by atoms with Crippen LogP contribution in [0.1, 0.15) is 58.2 Å². The first-order valence-electron chi connectivity index (χ1n) is 8.24. The molecule has 0 aromatic carbocycles. The largest absolute Gasteiger partial charge is 0.444 e. The van der Waals surface area contributed by atoms with Crippen molar-refractivity contribution in [3.63, 3.8) is 0 Å². The quantitative estimate of drug-likeness (QED) is 0.905. The molecule has 2 rings (SSSR count). The Morgan fingerprint density at radius 3 is 2.46 bits per heavy atom. The van der Waals surface area contributed by atoms with Crippen LogP contribution in [0.2, 0.25) is 0 Å². The average molecular weight is 338 g/mol. The van der Waals surface area contributed by atoms with Gasteiger partial charge in [0.1, 0.15) is 11.6 Å². The molecule has 1 aliphatic heterocycles. The SMILES string of the molecule is Cc1noc(C2CCN(C(=O)[C@@H](C)NC(=O)OC(C)(C)C)CC2)n1. The summed E-state index contributed by atoms with van der Waals surface area (Å²) in [6.45, 7) is 10.0. The third kappa shape index (κ3) is 4.94. The highest BCUT2D eigenvalue weighted by Gasteiger charge is 2.30. The molecule has 1 aliphatic rings. The number of aryl methyl sites for hydroxylation is 1. The molecule has 1 fully saturated rings. The van der Waals surface area contributed by atoms with Crippen molar-refractivity contribution in [1.82, 2.24) is 20.4 Å². The summed E-state index contributed by atoms with van der Waals surface area (Å²) in [4.78, 5) is 30.2. The fourth-order valence-corrected chi connectivity index (χ4v) is 2.65. The van der Waals surface area contributed by atoms with E-state index in [4.69, 9.17) is 9.26 Å². The second-order valence-corrected chi connectivity index (χ2v) is 7.15. The number of hydrogen-bond acceptors (Lipinski definition) is 6. The van der Waals surface area contributed by atoms with Crippen LogP contribution in [0.25, 0.3) is 0 Å². The normalized spacial score (nSPS) is 17.5. The molecule has 2 heterocycles. The molecular formula is C16H26N4O4. The van der Waals surface area contributed by atoms with Crippen LogP contribution in [0.4, 0.5) is 4.79 Å². The first-order chi connectivity index (χ1) is 11.2. The zero-order valence-electron chi connectivity index (χ0n) is 15.0. The van der Waals surface area contributed by atoms with E-state index in [1.165, 1.54) is 0 Å². The first kappa shape index (κ1) is 18.2. The zero-order chi connectivity index (χ0) is 17.9. The van der Waals surface area contributed by atoms with E-state index in [2.05, 4.69) is 15.5 Å². The maximum absolute atomic E-state index is 12.5. The van der Waals surface area contributed by atoms with Gasteiger partial charge >= 0.3 is 6.09 Å². The van der Waals surface area contributed by atoms with Gasteiger partial charge in [-0.25, -0.2) is 4.79 Å². The zero-order valence-corrected chi connectivity index (χ0v) is 15.0. The van der Waals surface area contributed by atoms with Gasteiger partial charge in [-0.3, -0.25) is 4.79 Å². The molecular weight excluding hydrogens is 312 g/mol. The number of likely N-dealkylation sites (tertiary alicyclic amines) is 1. The maximum atomic E-state index is 12.5. The van der Waals surface area contributed by atoms with Crippen molar-refractivity contribution in [1.29, 1.82) is 0 Å². The van der Waals surface area contributed by atoms with Crippen LogP contribution >= 0.6 is 0 Å². The number of rotatable bonds is 3. The summed E-state index contributed by atoms with van der Waals surface area (Å²) in [5, 5.41) is 6.39. The molecule has 8 nitrogen and oxygen atoms in total. The number of nitrogens with zero attached hydrogens (tertiary/aromatic N) is 3. The highest BCUT2D eigenvalue weighted by molar-refractivity contribution is 5.85. The topological polar surface area (TPSA) is 97.6 Å². The molecule has 8 heteroatoms. The Bertz CT molecular complexity index is 585. The van der Waals surface area contributed by atoms with Gasteiger partial charge in [0.15, 0.2) is 5.82 Å². The molecule has 1 aromatic heterocycles. The van der Waals surface area contributed by atoms with Crippen LogP contribution in [0.15, 0.2) is 4.52 Å². The van der Waals surface area contributed by atoms with E-state index >= 15 is 0 Å². The van der Waals surface area contributed by atoms with E-state index in [0.29, 0.717) is 24.8 Å². The maximum Gasteiger partial charge on any atom is 0.408 e. The number of amides is 2. The minimum atomic E-state index is -0.623. The second-order valence-electron chi connectivity index (χ2n) is 7.15. The number of hydrogen-bond donors (Lipinski definition) is 1. The van der Waals surface area contributed by atoms with Crippen LogP contribution in [0, 0.1) is 6.92 Å². The van der Waals surface area contributed by atoms with E-state index in [0.717, 1.165) is 12.8 Å². The minimum Gasteiger partial charge on any atom is -0.444 e. The van der Waals surface area contributed by atoms with Crippen LogP contribution < -0.4 is 5.32 Å². The lowest BCUT2D eigenvalue weighted by molar-refractivity contribution is -0.134. The lowest BCUT2D eigenvalue weighted by Gasteiger charge is -2.32. The Labute approximate surface area is 141 Å². The number of carbonyl (C=O) groups excluding carboxylic acids is 2. The van der Waals surface area contributed by atoms with Gasteiger partial charge in [-0.05, 0) is 47.5 Å². The van der Waals surface area contributed by atoms with E-state index in [9.17, 15) is 9.59 Å². The van der Waals surface area contributed by atoms with Crippen LogP contribution in [-0.4, -0.2) is 51.8 Å². The molecule has 1 saturated heterocycles. The molecule has 134 valence electrons. The van der Waals surface area contributed by atoms with E-state index in [-0.39, 0.29) is 11.8 Å². The highest BCUT2D eigenvalue weighted by atomic mass is 16.6. The van der Waals surface area contributed by atoms with Gasteiger partial charge in [-0.15, -0.1) is 0 Å². The third-order valence-corrected chi connectivity index (χ3v) is 3.80. The molecule has 2 amide bonds. The monoisotopic (exact) mass is 338 g/mol. The molecule has 0 aliphatic carbocycles. The fourth-order valence-electron chi connectivity index (χ4n) is 2.65. The van der Waals surface area contributed by atoms with Gasteiger partial charge in [0, 0.05) is 19.0 Å². The summed E-state index contributed by atoms with van der Waals surface area (Å²) < 4.78 is 10.4. The molecule has 24 heavy (non-hydrogen) atoms. The molecule has 0 bridgehead atoms. The van der Waals surface area contributed by atoms with Crippen LogP contribution in [-0.2, 0) is 9.53 Å². The average Bonchev–Trinajstić information content (AvgIpc) is 2.91. The fraction of sp³-hybridized carbons (Fsp3) is 0.750. The number of carbonyl (C=O) groups is 2. The summed E-state index contributed by atoms with van der Waals surface area (Å²) in [5.74, 6) is 1.34. The Morgan fingerprint density at radius 2 is 1.96 bits per heavy atom. The molecule has 1 aromatic rings. The Balaban J connectivity index is 1.82. The Kier molecular flexibility index (Phi) is 5.46. The van der Waals surface area contributed by atoms with Gasteiger partial charge in [0.25, 0.3) is 0 Å². The Hall–Kier alpha value is -2.12.